The second-order valence-electron chi connectivity index (χ2n) is 6.15. The van der Waals surface area contributed by atoms with Crippen LogP contribution in [0.15, 0.2) is 48.8 Å². The molecule has 24 heavy (non-hydrogen) atoms. The topological polar surface area (TPSA) is 77.2 Å². The Hall–Kier alpha value is -1.82. The predicted octanol–water partition coefficient (Wildman–Crippen LogP) is 4.03. The minimum atomic E-state index is -0.586. The van der Waals surface area contributed by atoms with Gasteiger partial charge in [0.15, 0.2) is 0 Å². The molecule has 2 aromatic rings. The summed E-state index contributed by atoms with van der Waals surface area (Å²) in [5.74, 6) is 1.10. The predicted molar refractivity (Wildman–Crippen MR) is 101 cm³/mol. The summed E-state index contributed by atoms with van der Waals surface area (Å²) >= 11 is 0. The molecule has 1 atom stereocenters. The first kappa shape index (κ1) is 22.2. The fourth-order valence-electron chi connectivity index (χ4n) is 1.79. The summed E-state index contributed by atoms with van der Waals surface area (Å²) in [6, 6.07) is 10.1. The lowest BCUT2D eigenvalue weighted by Crippen LogP contribution is -2.45. The smallest absolute Gasteiger partial charge is 0.241 e. The maximum atomic E-state index is 12.1. The van der Waals surface area contributed by atoms with Crippen molar-refractivity contribution >= 4 is 36.4 Å². The van der Waals surface area contributed by atoms with Gasteiger partial charge < -0.3 is 15.8 Å². The van der Waals surface area contributed by atoms with E-state index in [2.05, 4.69) is 10.3 Å². The van der Waals surface area contributed by atoms with Crippen molar-refractivity contribution in [3.8, 4) is 11.5 Å². The highest BCUT2D eigenvalue weighted by Crippen LogP contribution is 2.24. The molecule has 0 aliphatic rings. The molecule has 2 rings (SSSR count). The zero-order valence-corrected chi connectivity index (χ0v) is 15.5. The number of benzene rings is 1. The number of nitrogens with zero attached hydrogens (tertiary/aromatic N) is 1. The van der Waals surface area contributed by atoms with E-state index in [0.717, 1.165) is 0 Å². The lowest BCUT2D eigenvalue weighted by molar-refractivity contribution is -0.119. The SMILES string of the molecule is CC(C)(C)[C@H](N)C(=O)Nc1cccc(Oc2ccncc2)c1.Cl.Cl. The summed E-state index contributed by atoms with van der Waals surface area (Å²) in [5.41, 5.74) is 6.31. The van der Waals surface area contributed by atoms with E-state index in [-0.39, 0.29) is 36.1 Å². The molecular weight excluding hydrogens is 349 g/mol. The first-order chi connectivity index (χ1) is 10.4. The third kappa shape index (κ3) is 6.35. The standard InChI is InChI=1S/C17H21N3O2.2ClH/c1-17(2,3)15(18)16(21)20-12-5-4-6-14(11-12)22-13-7-9-19-10-8-13;;/h4-11,15H,18H2,1-3H3,(H,20,21);2*1H/t15-;;/m1../s1. The van der Waals surface area contributed by atoms with Gasteiger partial charge in [0.05, 0.1) is 6.04 Å². The van der Waals surface area contributed by atoms with Gasteiger partial charge in [0.1, 0.15) is 11.5 Å². The van der Waals surface area contributed by atoms with Crippen molar-refractivity contribution in [1.29, 1.82) is 0 Å². The minimum absolute atomic E-state index is 0. The molecular formula is C17H23Cl2N3O2. The van der Waals surface area contributed by atoms with E-state index in [1.807, 2.05) is 32.9 Å². The maximum absolute atomic E-state index is 12.1. The third-order valence-electron chi connectivity index (χ3n) is 3.20. The van der Waals surface area contributed by atoms with Crippen LogP contribution in [0.4, 0.5) is 5.69 Å². The lowest BCUT2D eigenvalue weighted by Gasteiger charge is -2.25. The monoisotopic (exact) mass is 371 g/mol. The van der Waals surface area contributed by atoms with Gasteiger partial charge in [0.2, 0.25) is 5.91 Å². The van der Waals surface area contributed by atoms with Crippen molar-refractivity contribution < 1.29 is 9.53 Å². The van der Waals surface area contributed by atoms with Gasteiger partial charge in [-0.1, -0.05) is 26.8 Å². The van der Waals surface area contributed by atoms with E-state index < -0.39 is 6.04 Å². The van der Waals surface area contributed by atoms with Gasteiger partial charge >= 0.3 is 0 Å². The number of carbonyl (C=O) groups excluding carboxylic acids is 1. The molecule has 7 heteroatoms. The molecule has 132 valence electrons. The van der Waals surface area contributed by atoms with Gasteiger partial charge in [-0.15, -0.1) is 24.8 Å². The summed E-state index contributed by atoms with van der Waals surface area (Å²) in [6.45, 7) is 5.79. The van der Waals surface area contributed by atoms with E-state index >= 15 is 0 Å². The van der Waals surface area contributed by atoms with Crippen LogP contribution in [0.3, 0.4) is 0 Å². The van der Waals surface area contributed by atoms with Crippen molar-refractivity contribution in [1.82, 2.24) is 4.98 Å². The van der Waals surface area contributed by atoms with E-state index in [1.165, 1.54) is 0 Å². The Labute approximate surface area is 154 Å². The molecule has 0 saturated carbocycles. The number of hydrogen-bond acceptors (Lipinski definition) is 4. The molecule has 0 spiro atoms. The summed E-state index contributed by atoms with van der Waals surface area (Å²) in [5, 5.41) is 2.82. The molecule has 5 nitrogen and oxygen atoms in total. The van der Waals surface area contributed by atoms with Crippen molar-refractivity contribution in [2.24, 2.45) is 11.1 Å². The summed E-state index contributed by atoms with van der Waals surface area (Å²) in [4.78, 5) is 16.1. The third-order valence-corrected chi connectivity index (χ3v) is 3.20. The lowest BCUT2D eigenvalue weighted by atomic mass is 9.87. The number of hydrogen-bond donors (Lipinski definition) is 2. The molecule has 1 heterocycles. The molecule has 0 aliphatic heterocycles. The zero-order chi connectivity index (χ0) is 16.2. The Balaban J connectivity index is 0.00000264. The highest BCUT2D eigenvalue weighted by Gasteiger charge is 2.27. The second-order valence-corrected chi connectivity index (χ2v) is 6.15. The zero-order valence-electron chi connectivity index (χ0n) is 13.9. The number of ether oxygens (including phenoxy) is 1. The molecule has 0 unspecified atom stereocenters. The van der Waals surface area contributed by atoms with Crippen LogP contribution in [0, 0.1) is 5.41 Å². The Kier molecular flexibility index (Phi) is 8.75. The van der Waals surface area contributed by atoms with Crippen LogP contribution in [-0.4, -0.2) is 16.9 Å². The van der Waals surface area contributed by atoms with Crippen LogP contribution in [0.5, 0.6) is 11.5 Å². The molecule has 0 aliphatic carbocycles. The number of anilines is 1. The highest BCUT2D eigenvalue weighted by atomic mass is 35.5. The van der Waals surface area contributed by atoms with Crippen LogP contribution in [0.2, 0.25) is 0 Å². The van der Waals surface area contributed by atoms with Gasteiger partial charge in [0, 0.05) is 24.1 Å². The number of carbonyl (C=O) groups is 1. The number of amides is 1. The van der Waals surface area contributed by atoms with E-state index in [4.69, 9.17) is 10.5 Å². The van der Waals surface area contributed by atoms with E-state index in [9.17, 15) is 4.79 Å². The maximum Gasteiger partial charge on any atom is 0.241 e. The average molecular weight is 372 g/mol. The fourth-order valence-corrected chi connectivity index (χ4v) is 1.79. The van der Waals surface area contributed by atoms with Crippen molar-refractivity contribution in [2.75, 3.05) is 5.32 Å². The Morgan fingerprint density at radius 3 is 2.33 bits per heavy atom. The molecule has 0 fully saturated rings. The Morgan fingerprint density at radius 1 is 1.12 bits per heavy atom. The van der Waals surface area contributed by atoms with E-state index in [0.29, 0.717) is 17.2 Å². The number of halogens is 2. The van der Waals surface area contributed by atoms with Crippen molar-refractivity contribution in [3.63, 3.8) is 0 Å². The molecule has 1 aromatic carbocycles. The van der Waals surface area contributed by atoms with Crippen LogP contribution in [0.25, 0.3) is 0 Å². The van der Waals surface area contributed by atoms with Gasteiger partial charge in [-0.2, -0.15) is 0 Å². The first-order valence-electron chi connectivity index (χ1n) is 7.10. The Bertz CT molecular complexity index is 646. The molecule has 0 radical (unpaired) electrons. The molecule has 3 N–H and O–H groups in total. The molecule has 0 bridgehead atoms. The molecule has 1 amide bonds. The summed E-state index contributed by atoms with van der Waals surface area (Å²) in [7, 11) is 0. The van der Waals surface area contributed by atoms with Gasteiger partial charge in [-0.3, -0.25) is 9.78 Å². The van der Waals surface area contributed by atoms with Gasteiger partial charge in [-0.25, -0.2) is 0 Å². The highest BCUT2D eigenvalue weighted by molar-refractivity contribution is 5.95. The number of aromatic nitrogens is 1. The van der Waals surface area contributed by atoms with Crippen molar-refractivity contribution in [3.05, 3.63) is 48.8 Å². The van der Waals surface area contributed by atoms with Gasteiger partial charge in [-0.05, 0) is 29.7 Å². The number of nitrogens with two attached hydrogens (primary N) is 1. The second kappa shape index (κ2) is 9.47. The summed E-state index contributed by atoms with van der Waals surface area (Å²) < 4.78 is 5.71. The molecule has 1 aromatic heterocycles. The number of pyridine rings is 1. The van der Waals surface area contributed by atoms with Crippen LogP contribution in [-0.2, 0) is 4.79 Å². The van der Waals surface area contributed by atoms with Crippen LogP contribution < -0.4 is 15.8 Å². The number of rotatable bonds is 4. The largest absolute Gasteiger partial charge is 0.457 e. The van der Waals surface area contributed by atoms with Crippen LogP contribution in [0.1, 0.15) is 20.8 Å². The van der Waals surface area contributed by atoms with Crippen LogP contribution >= 0.6 is 24.8 Å². The molecule has 0 saturated heterocycles. The Morgan fingerprint density at radius 2 is 1.75 bits per heavy atom. The average Bonchev–Trinajstić information content (AvgIpc) is 2.47. The quantitative estimate of drug-likeness (QED) is 0.850. The normalized spacial score (nSPS) is 11.5. The van der Waals surface area contributed by atoms with Gasteiger partial charge in [0.25, 0.3) is 0 Å². The number of nitrogens with one attached hydrogen (secondary N) is 1. The minimum Gasteiger partial charge on any atom is -0.457 e. The fraction of sp³-hybridized carbons (Fsp3) is 0.294. The summed E-state index contributed by atoms with van der Waals surface area (Å²) in [6.07, 6.45) is 3.31. The van der Waals surface area contributed by atoms with E-state index in [1.54, 1.807) is 36.7 Å². The first-order valence-corrected chi connectivity index (χ1v) is 7.10. The van der Waals surface area contributed by atoms with Crippen molar-refractivity contribution in [2.45, 2.75) is 26.8 Å².